The summed E-state index contributed by atoms with van der Waals surface area (Å²) in [6.07, 6.45) is 3.82. The molecule has 35 heavy (non-hydrogen) atoms. The van der Waals surface area contributed by atoms with Gasteiger partial charge in [0.05, 0.1) is 13.7 Å². The lowest BCUT2D eigenvalue weighted by Crippen LogP contribution is -2.13. The van der Waals surface area contributed by atoms with Crippen LogP contribution in [0.2, 0.25) is 0 Å². The van der Waals surface area contributed by atoms with Gasteiger partial charge in [0, 0.05) is 17.3 Å². The van der Waals surface area contributed by atoms with E-state index in [4.69, 9.17) is 14.2 Å². The third-order valence-corrected chi connectivity index (χ3v) is 5.04. The highest BCUT2D eigenvalue weighted by molar-refractivity contribution is 6.09. The minimum atomic E-state index is -0.519. The second kappa shape index (κ2) is 12.7. The zero-order valence-corrected chi connectivity index (χ0v) is 19.9. The maximum absolute atomic E-state index is 12.8. The third kappa shape index (κ3) is 6.99. The van der Waals surface area contributed by atoms with Crippen molar-refractivity contribution in [3.63, 3.8) is 0 Å². The zero-order chi connectivity index (χ0) is 25.0. The number of hydrogen-bond donors (Lipinski definition) is 1. The summed E-state index contributed by atoms with van der Waals surface area (Å²) < 4.78 is 17.1. The highest BCUT2D eigenvalue weighted by atomic mass is 16.5. The van der Waals surface area contributed by atoms with E-state index in [2.05, 4.69) is 11.9 Å². The summed E-state index contributed by atoms with van der Waals surface area (Å²) in [5, 5.41) is 12.4. The number of nitrogens with zero attached hydrogens (tertiary/aromatic N) is 1. The number of rotatable bonds is 11. The molecule has 0 unspecified atom stereocenters. The van der Waals surface area contributed by atoms with Gasteiger partial charge in [0.25, 0.3) is 5.91 Å². The minimum absolute atomic E-state index is 0.0450. The van der Waals surface area contributed by atoms with E-state index < -0.39 is 5.91 Å². The first-order chi connectivity index (χ1) is 17.1. The van der Waals surface area contributed by atoms with Crippen LogP contribution in [0.5, 0.6) is 17.2 Å². The standard InChI is InChI=1S/C29H28N2O4/c1-4-10-23-15-22(17-27(33-3)28(23)35-20-21-11-7-6-8-12-21)16-24(19-30)29(32)31-25-13-9-14-26(18-25)34-5-2/h4,6-9,11-18H,1,5,10,20H2,2-3H3,(H,31,32)/b24-16-. The summed E-state index contributed by atoms with van der Waals surface area (Å²) in [5.41, 5.74) is 3.00. The first-order valence-electron chi connectivity index (χ1n) is 11.2. The van der Waals surface area contributed by atoms with Gasteiger partial charge in [-0.2, -0.15) is 5.26 Å². The zero-order valence-electron chi connectivity index (χ0n) is 19.9. The summed E-state index contributed by atoms with van der Waals surface area (Å²) in [4.78, 5) is 12.8. The lowest BCUT2D eigenvalue weighted by atomic mass is 10.0. The van der Waals surface area contributed by atoms with Crippen LogP contribution in [0.3, 0.4) is 0 Å². The van der Waals surface area contributed by atoms with Crippen LogP contribution < -0.4 is 19.5 Å². The fourth-order valence-electron chi connectivity index (χ4n) is 3.46. The first-order valence-corrected chi connectivity index (χ1v) is 11.2. The Bertz CT molecular complexity index is 1240. The fraction of sp³-hybridized carbons (Fsp3) is 0.172. The number of amides is 1. The van der Waals surface area contributed by atoms with Crippen LogP contribution >= 0.6 is 0 Å². The highest BCUT2D eigenvalue weighted by Crippen LogP contribution is 2.35. The summed E-state index contributed by atoms with van der Waals surface area (Å²) in [6, 6.07) is 22.4. The number of benzene rings is 3. The molecule has 1 N–H and O–H groups in total. The second-order valence-electron chi connectivity index (χ2n) is 7.56. The fourth-order valence-corrected chi connectivity index (χ4v) is 3.46. The molecule has 0 aliphatic carbocycles. The smallest absolute Gasteiger partial charge is 0.266 e. The molecule has 0 heterocycles. The predicted octanol–water partition coefficient (Wildman–Crippen LogP) is 5.95. The van der Waals surface area contributed by atoms with Gasteiger partial charge in [0.2, 0.25) is 0 Å². The Hall–Kier alpha value is -4.50. The number of carbonyl (C=O) groups is 1. The molecule has 0 saturated carbocycles. The van der Waals surface area contributed by atoms with Crippen molar-refractivity contribution in [2.24, 2.45) is 0 Å². The van der Waals surface area contributed by atoms with Crippen LogP contribution in [0.15, 0.2) is 85.0 Å². The average Bonchev–Trinajstić information content (AvgIpc) is 2.87. The number of methoxy groups -OCH3 is 1. The van der Waals surface area contributed by atoms with Crippen LogP contribution in [0.25, 0.3) is 6.08 Å². The molecule has 3 aromatic rings. The van der Waals surface area contributed by atoms with Gasteiger partial charge >= 0.3 is 0 Å². The van der Waals surface area contributed by atoms with Crippen LogP contribution in [0.1, 0.15) is 23.6 Å². The average molecular weight is 469 g/mol. The van der Waals surface area contributed by atoms with E-state index in [0.29, 0.717) is 48.1 Å². The van der Waals surface area contributed by atoms with Crippen molar-refractivity contribution >= 4 is 17.7 Å². The van der Waals surface area contributed by atoms with Gasteiger partial charge in [-0.15, -0.1) is 6.58 Å². The van der Waals surface area contributed by atoms with E-state index in [0.717, 1.165) is 11.1 Å². The Balaban J connectivity index is 1.87. The first kappa shape index (κ1) is 25.1. The van der Waals surface area contributed by atoms with Gasteiger partial charge in [0.1, 0.15) is 24.0 Å². The molecule has 0 saturated heterocycles. The van der Waals surface area contributed by atoms with Crippen LogP contribution in [-0.4, -0.2) is 19.6 Å². The maximum Gasteiger partial charge on any atom is 0.266 e. The monoisotopic (exact) mass is 468 g/mol. The highest BCUT2D eigenvalue weighted by Gasteiger charge is 2.15. The van der Waals surface area contributed by atoms with Crippen LogP contribution in [0, 0.1) is 11.3 Å². The Labute approximate surface area is 206 Å². The lowest BCUT2D eigenvalue weighted by Gasteiger charge is -2.16. The summed E-state index contributed by atoms with van der Waals surface area (Å²) in [6.45, 7) is 6.61. The normalized spacial score (nSPS) is 10.7. The number of anilines is 1. The topological polar surface area (TPSA) is 80.6 Å². The van der Waals surface area contributed by atoms with Crippen molar-refractivity contribution < 1.29 is 19.0 Å². The van der Waals surface area contributed by atoms with Crippen molar-refractivity contribution in [1.82, 2.24) is 0 Å². The van der Waals surface area contributed by atoms with Gasteiger partial charge in [0.15, 0.2) is 11.5 Å². The van der Waals surface area contributed by atoms with E-state index in [9.17, 15) is 10.1 Å². The quantitative estimate of drug-likeness (QED) is 0.214. The number of ether oxygens (including phenoxy) is 3. The molecule has 3 rings (SSSR count). The number of nitrogens with one attached hydrogen (secondary N) is 1. The van der Waals surface area contributed by atoms with Crippen LogP contribution in [-0.2, 0) is 17.8 Å². The summed E-state index contributed by atoms with van der Waals surface area (Å²) >= 11 is 0. The molecule has 0 spiro atoms. The Kier molecular flexibility index (Phi) is 9.09. The molecule has 0 aromatic heterocycles. The molecule has 6 nitrogen and oxygen atoms in total. The van der Waals surface area contributed by atoms with E-state index in [1.807, 2.05) is 49.4 Å². The maximum atomic E-state index is 12.8. The molecule has 3 aromatic carbocycles. The molecule has 178 valence electrons. The number of hydrogen-bond acceptors (Lipinski definition) is 5. The lowest BCUT2D eigenvalue weighted by molar-refractivity contribution is -0.112. The summed E-state index contributed by atoms with van der Waals surface area (Å²) in [5.74, 6) is 1.23. The molecule has 6 heteroatoms. The third-order valence-electron chi connectivity index (χ3n) is 5.04. The summed E-state index contributed by atoms with van der Waals surface area (Å²) in [7, 11) is 1.55. The van der Waals surface area contributed by atoms with E-state index in [1.165, 1.54) is 6.08 Å². The van der Waals surface area contributed by atoms with Crippen molar-refractivity contribution in [2.45, 2.75) is 20.0 Å². The minimum Gasteiger partial charge on any atom is -0.494 e. The van der Waals surface area contributed by atoms with E-state index in [1.54, 1.807) is 43.5 Å². The number of nitriles is 1. The molecule has 0 fully saturated rings. The van der Waals surface area contributed by atoms with E-state index >= 15 is 0 Å². The van der Waals surface area contributed by atoms with Gasteiger partial charge in [-0.05, 0) is 54.8 Å². The van der Waals surface area contributed by atoms with Crippen molar-refractivity contribution in [2.75, 3.05) is 19.0 Å². The van der Waals surface area contributed by atoms with Crippen molar-refractivity contribution in [1.29, 1.82) is 5.26 Å². The van der Waals surface area contributed by atoms with Gasteiger partial charge in [-0.25, -0.2) is 0 Å². The molecule has 0 aliphatic rings. The number of carbonyl (C=O) groups excluding carboxylic acids is 1. The van der Waals surface area contributed by atoms with Crippen molar-refractivity contribution in [3.05, 3.63) is 102 Å². The SMILES string of the molecule is C=CCc1cc(/C=C(/C#N)C(=O)Nc2cccc(OCC)c2)cc(OC)c1OCc1ccccc1. The van der Waals surface area contributed by atoms with Gasteiger partial charge < -0.3 is 19.5 Å². The van der Waals surface area contributed by atoms with Gasteiger partial charge in [-0.3, -0.25) is 4.79 Å². The van der Waals surface area contributed by atoms with Gasteiger partial charge in [-0.1, -0.05) is 42.5 Å². The molecule has 0 bridgehead atoms. The molecule has 0 atom stereocenters. The molecular weight excluding hydrogens is 440 g/mol. The Morgan fingerprint density at radius 1 is 1.09 bits per heavy atom. The molecule has 1 amide bonds. The number of allylic oxidation sites excluding steroid dienone is 1. The predicted molar refractivity (Wildman–Crippen MR) is 137 cm³/mol. The molecule has 0 radical (unpaired) electrons. The second-order valence-corrected chi connectivity index (χ2v) is 7.56. The largest absolute Gasteiger partial charge is 0.494 e. The Morgan fingerprint density at radius 2 is 1.89 bits per heavy atom. The molecular formula is C29H28N2O4. The van der Waals surface area contributed by atoms with E-state index in [-0.39, 0.29) is 5.57 Å². The van der Waals surface area contributed by atoms with Crippen molar-refractivity contribution in [3.8, 4) is 23.3 Å². The Morgan fingerprint density at radius 3 is 2.57 bits per heavy atom. The van der Waals surface area contributed by atoms with Crippen LogP contribution in [0.4, 0.5) is 5.69 Å². The molecule has 0 aliphatic heterocycles.